The number of carbonyl (C=O) groups excluding carboxylic acids is 3. The molecule has 0 unspecified atom stereocenters. The Bertz CT molecular complexity index is 1040. The van der Waals surface area contributed by atoms with Crippen molar-refractivity contribution in [2.75, 3.05) is 32.7 Å². The number of piperazine rings is 1. The van der Waals surface area contributed by atoms with Gasteiger partial charge in [0.25, 0.3) is 0 Å². The predicted octanol–water partition coefficient (Wildman–Crippen LogP) is 3.12. The molecular weight excluding hydrogens is 468 g/mol. The van der Waals surface area contributed by atoms with Crippen LogP contribution in [-0.4, -0.2) is 72.0 Å². The smallest absolute Gasteiger partial charge is 0.407 e. The number of hydrogen-bond donors (Lipinski definition) is 2. The summed E-state index contributed by atoms with van der Waals surface area (Å²) in [7, 11) is 0. The van der Waals surface area contributed by atoms with Crippen LogP contribution in [0, 0.1) is 0 Å². The summed E-state index contributed by atoms with van der Waals surface area (Å²) in [6.07, 6.45) is 2.82. The van der Waals surface area contributed by atoms with E-state index in [9.17, 15) is 14.4 Å². The minimum absolute atomic E-state index is 0.0218. The summed E-state index contributed by atoms with van der Waals surface area (Å²) in [5, 5.41) is 5.73. The van der Waals surface area contributed by atoms with Crippen molar-refractivity contribution in [3.63, 3.8) is 0 Å². The number of nitrogens with one attached hydrogen (secondary N) is 2. The third-order valence-corrected chi connectivity index (χ3v) is 7.52. The number of nitrogens with zero attached hydrogens (tertiary/aromatic N) is 2. The van der Waals surface area contributed by atoms with Gasteiger partial charge in [-0.15, -0.1) is 0 Å². The Morgan fingerprint density at radius 3 is 2.32 bits per heavy atom. The molecule has 2 aromatic rings. The lowest BCUT2D eigenvalue weighted by molar-refractivity contribution is -0.161. The van der Waals surface area contributed by atoms with Gasteiger partial charge in [0.05, 0.1) is 0 Å². The first-order chi connectivity index (χ1) is 18.0. The van der Waals surface area contributed by atoms with Gasteiger partial charge in [-0.05, 0) is 50.2 Å². The first kappa shape index (κ1) is 26.7. The largest absolute Gasteiger partial charge is 0.445 e. The van der Waals surface area contributed by atoms with Crippen molar-refractivity contribution < 1.29 is 19.1 Å². The maximum atomic E-state index is 13.3. The molecule has 8 heteroatoms. The summed E-state index contributed by atoms with van der Waals surface area (Å²) >= 11 is 0. The topological polar surface area (TPSA) is 91.0 Å². The van der Waals surface area contributed by atoms with Crippen molar-refractivity contribution in [2.24, 2.45) is 0 Å². The van der Waals surface area contributed by atoms with E-state index in [1.54, 1.807) is 4.90 Å². The molecule has 2 fully saturated rings. The highest BCUT2D eigenvalue weighted by Crippen LogP contribution is 2.33. The fraction of sp³-hybridized carbons (Fsp3) is 0.483. The molecule has 198 valence electrons. The molecule has 2 aliphatic rings. The Morgan fingerprint density at radius 1 is 1.03 bits per heavy atom. The number of ether oxygens (including phenoxy) is 1. The van der Waals surface area contributed by atoms with Crippen LogP contribution in [0.5, 0.6) is 0 Å². The van der Waals surface area contributed by atoms with E-state index >= 15 is 0 Å². The second kappa shape index (κ2) is 12.7. The maximum Gasteiger partial charge on any atom is 0.407 e. The zero-order valence-corrected chi connectivity index (χ0v) is 21.7. The van der Waals surface area contributed by atoms with Crippen molar-refractivity contribution >= 4 is 17.9 Å². The fourth-order valence-electron chi connectivity index (χ4n) is 5.38. The third-order valence-electron chi connectivity index (χ3n) is 7.52. The van der Waals surface area contributed by atoms with Gasteiger partial charge in [0.1, 0.15) is 18.2 Å². The van der Waals surface area contributed by atoms with Crippen LogP contribution in [0.3, 0.4) is 0 Å². The van der Waals surface area contributed by atoms with E-state index in [2.05, 4.69) is 39.8 Å². The maximum absolute atomic E-state index is 13.3. The van der Waals surface area contributed by atoms with Gasteiger partial charge >= 0.3 is 6.09 Å². The molecule has 8 nitrogen and oxygen atoms in total. The van der Waals surface area contributed by atoms with Gasteiger partial charge in [0, 0.05) is 32.7 Å². The van der Waals surface area contributed by atoms with E-state index in [0.717, 1.165) is 31.6 Å². The summed E-state index contributed by atoms with van der Waals surface area (Å²) in [6.45, 7) is 5.58. The average Bonchev–Trinajstić information content (AvgIpc) is 2.93. The Kier molecular flexibility index (Phi) is 9.17. The lowest BCUT2D eigenvalue weighted by atomic mass is 9.81. The molecular formula is C29H38N4O4. The molecule has 0 aliphatic carbocycles. The Hall–Kier alpha value is -3.39. The van der Waals surface area contributed by atoms with Crippen molar-refractivity contribution in [1.29, 1.82) is 0 Å². The standard InChI is InChI=1S/C29H38N4O4/c1-2-33-26(34)25(14-9-18-30-28(36)37-22-24-12-7-4-8-13-24)31-27(35)29(33)16-20-32(21-17-29)19-15-23-10-5-3-6-11-23/h3-8,10-13,25H,2,9,14-22H2,1H3,(H,30,36)(H,31,35)/t25-/m0/s1. The molecule has 0 saturated carbocycles. The van der Waals surface area contributed by atoms with Crippen LogP contribution in [0.4, 0.5) is 4.79 Å². The first-order valence-electron chi connectivity index (χ1n) is 13.3. The Labute approximate surface area is 219 Å². The zero-order valence-electron chi connectivity index (χ0n) is 21.7. The van der Waals surface area contributed by atoms with Crippen molar-refractivity contribution in [3.8, 4) is 0 Å². The number of amides is 3. The minimum atomic E-state index is -0.759. The lowest BCUT2D eigenvalue weighted by Crippen LogP contribution is -2.72. The van der Waals surface area contributed by atoms with Crippen molar-refractivity contribution in [3.05, 3.63) is 71.8 Å². The quantitative estimate of drug-likeness (QED) is 0.483. The van der Waals surface area contributed by atoms with E-state index in [4.69, 9.17) is 4.74 Å². The molecule has 2 aliphatic heterocycles. The summed E-state index contributed by atoms with van der Waals surface area (Å²) in [4.78, 5) is 42.8. The van der Waals surface area contributed by atoms with Gasteiger partial charge in [-0.25, -0.2) is 4.79 Å². The van der Waals surface area contributed by atoms with E-state index in [1.807, 2.05) is 43.3 Å². The van der Waals surface area contributed by atoms with Crippen molar-refractivity contribution in [2.45, 2.75) is 57.2 Å². The first-order valence-corrected chi connectivity index (χ1v) is 13.3. The van der Waals surface area contributed by atoms with Gasteiger partial charge in [-0.3, -0.25) is 9.59 Å². The summed E-state index contributed by atoms with van der Waals surface area (Å²) in [6, 6.07) is 19.3. The predicted molar refractivity (Wildman–Crippen MR) is 142 cm³/mol. The van der Waals surface area contributed by atoms with Crippen LogP contribution in [0.1, 0.15) is 43.7 Å². The molecule has 2 heterocycles. The zero-order chi connectivity index (χ0) is 26.1. The Morgan fingerprint density at radius 2 is 1.68 bits per heavy atom. The minimum Gasteiger partial charge on any atom is -0.445 e. The van der Waals surface area contributed by atoms with Gasteiger partial charge < -0.3 is 25.2 Å². The molecule has 1 atom stereocenters. The number of benzene rings is 2. The van der Waals surface area contributed by atoms with E-state index in [-0.39, 0.29) is 18.4 Å². The third kappa shape index (κ3) is 6.68. The second-order valence-electron chi connectivity index (χ2n) is 9.85. The molecule has 0 aromatic heterocycles. The van der Waals surface area contributed by atoms with E-state index < -0.39 is 17.7 Å². The Balaban J connectivity index is 1.21. The molecule has 1 spiro atoms. The second-order valence-corrected chi connectivity index (χ2v) is 9.85. The number of piperidine rings is 1. The molecule has 2 N–H and O–H groups in total. The molecule has 0 radical (unpaired) electrons. The number of alkyl carbamates (subject to hydrolysis) is 1. The molecule has 0 bridgehead atoms. The SMILES string of the molecule is CCN1C(=O)[C@H](CCCNC(=O)OCc2ccccc2)NC(=O)C12CCN(CCc1ccccc1)CC2. The average molecular weight is 507 g/mol. The van der Waals surface area contributed by atoms with Crippen LogP contribution < -0.4 is 10.6 Å². The van der Waals surface area contributed by atoms with Gasteiger partial charge in [-0.2, -0.15) is 0 Å². The highest BCUT2D eigenvalue weighted by Gasteiger charge is 2.52. The van der Waals surface area contributed by atoms with Gasteiger partial charge in [-0.1, -0.05) is 60.7 Å². The van der Waals surface area contributed by atoms with E-state index in [1.165, 1.54) is 5.56 Å². The van der Waals surface area contributed by atoms with Gasteiger partial charge in [0.2, 0.25) is 11.8 Å². The number of rotatable bonds is 10. The highest BCUT2D eigenvalue weighted by molar-refractivity contribution is 6.00. The monoisotopic (exact) mass is 506 g/mol. The number of likely N-dealkylation sites (tertiary alicyclic amines) is 1. The molecule has 3 amide bonds. The summed E-state index contributed by atoms with van der Waals surface area (Å²) in [5.41, 5.74) is 1.47. The normalized spacial score (nSPS) is 19.5. The van der Waals surface area contributed by atoms with Crippen LogP contribution in [0.2, 0.25) is 0 Å². The van der Waals surface area contributed by atoms with Gasteiger partial charge in [0.15, 0.2) is 0 Å². The van der Waals surface area contributed by atoms with E-state index in [0.29, 0.717) is 38.8 Å². The van der Waals surface area contributed by atoms with Crippen LogP contribution in [0.25, 0.3) is 0 Å². The molecule has 37 heavy (non-hydrogen) atoms. The molecule has 4 rings (SSSR count). The van der Waals surface area contributed by atoms with Crippen LogP contribution in [-0.2, 0) is 27.4 Å². The highest BCUT2D eigenvalue weighted by atomic mass is 16.5. The van der Waals surface area contributed by atoms with Crippen LogP contribution >= 0.6 is 0 Å². The molecule has 2 aromatic carbocycles. The summed E-state index contributed by atoms with van der Waals surface area (Å²) < 4.78 is 5.22. The molecule has 2 saturated heterocycles. The van der Waals surface area contributed by atoms with Crippen molar-refractivity contribution in [1.82, 2.24) is 20.4 Å². The number of hydrogen-bond acceptors (Lipinski definition) is 5. The number of likely N-dealkylation sites (N-methyl/N-ethyl adjacent to an activating group) is 1. The van der Waals surface area contributed by atoms with Crippen LogP contribution in [0.15, 0.2) is 60.7 Å². The summed E-state index contributed by atoms with van der Waals surface area (Å²) in [5.74, 6) is -0.0663. The lowest BCUT2D eigenvalue weighted by Gasteiger charge is -2.51. The number of carbonyl (C=O) groups is 3. The fourth-order valence-corrected chi connectivity index (χ4v) is 5.38.